The summed E-state index contributed by atoms with van der Waals surface area (Å²) in [5.74, 6) is -0.551. The second-order valence-corrected chi connectivity index (χ2v) is 6.21. The van der Waals surface area contributed by atoms with Crippen molar-refractivity contribution in [3.8, 4) is 0 Å². The number of hydrogen-bond acceptors (Lipinski definition) is 6. The number of carbonyl (C=O) groups excluding carboxylic acids is 2. The van der Waals surface area contributed by atoms with Crippen LogP contribution < -0.4 is 16.0 Å². The molecule has 0 fully saturated rings. The van der Waals surface area contributed by atoms with Crippen LogP contribution in [0.25, 0.3) is 0 Å². The van der Waals surface area contributed by atoms with E-state index < -0.39 is 5.91 Å². The highest BCUT2D eigenvalue weighted by molar-refractivity contribution is 6.34. The predicted octanol–water partition coefficient (Wildman–Crippen LogP) is 3.22. The van der Waals surface area contributed by atoms with Crippen LogP contribution in [0.5, 0.6) is 0 Å². The molecule has 0 atom stereocenters. The van der Waals surface area contributed by atoms with Crippen molar-refractivity contribution >= 4 is 52.3 Å². The normalized spacial score (nSPS) is 10.3. The summed E-state index contributed by atoms with van der Waals surface area (Å²) >= 11 is 11.9. The first-order chi connectivity index (χ1) is 12.3. The molecule has 0 aliphatic carbocycles. The van der Waals surface area contributed by atoms with E-state index in [1.807, 2.05) is 0 Å². The lowest BCUT2D eigenvalue weighted by atomic mass is 10.1. The Labute approximate surface area is 161 Å². The Morgan fingerprint density at radius 2 is 2.04 bits per heavy atom. The van der Waals surface area contributed by atoms with Crippen LogP contribution in [0.4, 0.5) is 17.2 Å². The van der Waals surface area contributed by atoms with Gasteiger partial charge in [0.1, 0.15) is 12.4 Å². The van der Waals surface area contributed by atoms with Gasteiger partial charge in [0.25, 0.3) is 5.91 Å². The summed E-state index contributed by atoms with van der Waals surface area (Å²) in [4.78, 5) is 29.8. The molecule has 1 aromatic carbocycles. The quantitative estimate of drug-likeness (QED) is 0.574. The lowest BCUT2D eigenvalue weighted by Crippen LogP contribution is -2.27. The number of ether oxygens (including phenoxy) is 1. The van der Waals surface area contributed by atoms with Crippen LogP contribution in [-0.4, -0.2) is 37.1 Å². The molecule has 0 aliphatic rings. The molecule has 2 rings (SSSR count). The van der Waals surface area contributed by atoms with Crippen molar-refractivity contribution in [3.05, 3.63) is 46.1 Å². The molecule has 0 aliphatic heterocycles. The van der Waals surface area contributed by atoms with Gasteiger partial charge in [-0.1, -0.05) is 23.2 Å². The molecule has 0 spiro atoms. The van der Waals surface area contributed by atoms with Gasteiger partial charge in [0.15, 0.2) is 0 Å². The first-order valence-corrected chi connectivity index (χ1v) is 8.46. The van der Waals surface area contributed by atoms with Crippen LogP contribution in [0.15, 0.2) is 30.5 Å². The number of hydrogen-bond donors (Lipinski definition) is 2. The van der Waals surface area contributed by atoms with Crippen molar-refractivity contribution in [1.82, 2.24) is 4.98 Å². The lowest BCUT2D eigenvalue weighted by Gasteiger charge is -2.20. The first kappa shape index (κ1) is 19.8. The Morgan fingerprint density at radius 3 is 2.65 bits per heavy atom. The van der Waals surface area contributed by atoms with E-state index in [0.717, 1.165) is 0 Å². The monoisotopic (exact) mass is 396 g/mol. The maximum Gasteiger partial charge on any atom is 0.325 e. The topological polar surface area (TPSA) is 97.5 Å². The zero-order valence-electron chi connectivity index (χ0n) is 14.3. The zero-order chi connectivity index (χ0) is 19.3. The summed E-state index contributed by atoms with van der Waals surface area (Å²) in [6, 6.07) is 6.29. The highest BCUT2D eigenvalue weighted by Crippen LogP contribution is 2.30. The van der Waals surface area contributed by atoms with Gasteiger partial charge in [-0.15, -0.1) is 0 Å². The summed E-state index contributed by atoms with van der Waals surface area (Å²) in [5.41, 5.74) is 6.78. The summed E-state index contributed by atoms with van der Waals surface area (Å²) < 4.78 is 4.92. The number of pyridine rings is 1. The van der Waals surface area contributed by atoms with Crippen molar-refractivity contribution in [2.24, 2.45) is 0 Å². The number of anilines is 3. The molecule has 1 amide bonds. The van der Waals surface area contributed by atoms with Gasteiger partial charge in [-0.25, -0.2) is 4.98 Å². The Morgan fingerprint density at radius 1 is 1.31 bits per heavy atom. The first-order valence-electron chi connectivity index (χ1n) is 7.70. The molecule has 138 valence electrons. The van der Waals surface area contributed by atoms with Gasteiger partial charge in [0.05, 0.1) is 27.9 Å². The lowest BCUT2D eigenvalue weighted by molar-refractivity contribution is -0.141. The highest BCUT2D eigenvalue weighted by Gasteiger charge is 2.17. The molecule has 0 bridgehead atoms. The highest BCUT2D eigenvalue weighted by atomic mass is 35.5. The maximum atomic E-state index is 12.5. The third-order valence-electron chi connectivity index (χ3n) is 3.44. The van der Waals surface area contributed by atoms with E-state index in [4.69, 9.17) is 33.7 Å². The molecule has 0 saturated carbocycles. The van der Waals surface area contributed by atoms with Crippen LogP contribution in [0, 0.1) is 0 Å². The summed E-state index contributed by atoms with van der Waals surface area (Å²) in [6.45, 7) is 2.02. The molecule has 3 N–H and O–H groups in total. The molecule has 0 radical (unpaired) electrons. The van der Waals surface area contributed by atoms with E-state index in [0.29, 0.717) is 16.5 Å². The number of carbonyl (C=O) groups is 2. The number of esters is 1. The number of nitrogens with two attached hydrogens (primary N) is 1. The molecule has 9 heteroatoms. The third kappa shape index (κ3) is 5.00. The van der Waals surface area contributed by atoms with Crippen molar-refractivity contribution in [1.29, 1.82) is 0 Å². The Kier molecular flexibility index (Phi) is 6.65. The van der Waals surface area contributed by atoms with E-state index in [1.165, 1.54) is 6.20 Å². The van der Waals surface area contributed by atoms with Crippen LogP contribution in [-0.2, 0) is 9.53 Å². The molecule has 0 unspecified atom stereocenters. The predicted molar refractivity (Wildman–Crippen MR) is 103 cm³/mol. The zero-order valence-corrected chi connectivity index (χ0v) is 15.8. The van der Waals surface area contributed by atoms with Crippen molar-refractivity contribution in [3.63, 3.8) is 0 Å². The molecule has 26 heavy (non-hydrogen) atoms. The summed E-state index contributed by atoms with van der Waals surface area (Å²) in [6.07, 6.45) is 1.41. The van der Waals surface area contributed by atoms with E-state index in [9.17, 15) is 9.59 Å². The van der Waals surface area contributed by atoms with Gasteiger partial charge in [0, 0.05) is 18.9 Å². The molecule has 2 aromatic rings. The van der Waals surface area contributed by atoms with Crippen LogP contribution in [0.3, 0.4) is 0 Å². The molecule has 0 saturated heterocycles. The van der Waals surface area contributed by atoms with Gasteiger partial charge >= 0.3 is 5.97 Å². The number of amides is 1. The minimum atomic E-state index is -0.481. The molecule has 1 heterocycles. The second kappa shape index (κ2) is 8.73. The van der Waals surface area contributed by atoms with Crippen LogP contribution in [0.2, 0.25) is 10.0 Å². The summed E-state index contributed by atoms with van der Waals surface area (Å²) in [7, 11) is 1.68. The minimum absolute atomic E-state index is 0.00782. The van der Waals surface area contributed by atoms with E-state index in [2.05, 4.69) is 10.3 Å². The van der Waals surface area contributed by atoms with Crippen LogP contribution >= 0.6 is 23.2 Å². The van der Waals surface area contributed by atoms with Gasteiger partial charge < -0.3 is 20.7 Å². The number of benzene rings is 1. The Hall–Kier alpha value is -2.51. The number of likely N-dealkylation sites (N-methyl/N-ethyl adjacent to an activating group) is 1. The average Bonchev–Trinajstić information content (AvgIpc) is 2.59. The number of nitrogens with zero attached hydrogens (tertiary/aromatic N) is 2. The molecular formula is C17H18Cl2N4O3. The number of nitrogens with one attached hydrogen (secondary N) is 1. The summed E-state index contributed by atoms with van der Waals surface area (Å²) in [5, 5.41) is 3.28. The number of nitrogen functional groups attached to an aromatic ring is 1. The minimum Gasteiger partial charge on any atom is -0.465 e. The number of halogens is 2. The molecular weight excluding hydrogens is 379 g/mol. The van der Waals surface area contributed by atoms with Gasteiger partial charge in [-0.3, -0.25) is 9.59 Å². The SMILES string of the molecule is CCOC(=O)CN(C)c1cc(Cl)c(N)c(C(=O)Nc2ccc(Cl)cn2)c1. The fraction of sp³-hybridized carbons (Fsp3) is 0.235. The van der Waals surface area contributed by atoms with Gasteiger partial charge in [-0.05, 0) is 31.2 Å². The fourth-order valence-electron chi connectivity index (χ4n) is 2.14. The third-order valence-corrected chi connectivity index (χ3v) is 3.98. The van der Waals surface area contributed by atoms with E-state index in [1.54, 1.807) is 43.1 Å². The van der Waals surface area contributed by atoms with Crippen molar-refractivity contribution in [2.75, 3.05) is 36.1 Å². The van der Waals surface area contributed by atoms with Crippen molar-refractivity contribution < 1.29 is 14.3 Å². The van der Waals surface area contributed by atoms with E-state index in [-0.39, 0.29) is 35.4 Å². The number of aromatic nitrogens is 1. The fourth-order valence-corrected chi connectivity index (χ4v) is 2.46. The van der Waals surface area contributed by atoms with Crippen molar-refractivity contribution in [2.45, 2.75) is 6.92 Å². The maximum absolute atomic E-state index is 12.5. The second-order valence-electron chi connectivity index (χ2n) is 5.37. The molecule has 1 aromatic heterocycles. The largest absolute Gasteiger partial charge is 0.465 e. The Bertz CT molecular complexity index is 812. The van der Waals surface area contributed by atoms with Gasteiger partial charge in [-0.2, -0.15) is 0 Å². The standard InChI is InChI=1S/C17H18Cl2N4O3/c1-3-26-15(24)9-23(2)11-6-12(16(20)13(19)7-11)17(25)22-14-5-4-10(18)8-21-14/h4-8H,3,9,20H2,1-2H3,(H,21,22,25). The van der Waals surface area contributed by atoms with Crippen LogP contribution in [0.1, 0.15) is 17.3 Å². The molecule has 7 nitrogen and oxygen atoms in total. The van der Waals surface area contributed by atoms with Gasteiger partial charge in [0.2, 0.25) is 0 Å². The number of rotatable bonds is 6. The van der Waals surface area contributed by atoms with E-state index >= 15 is 0 Å². The smallest absolute Gasteiger partial charge is 0.325 e. The Balaban J connectivity index is 2.24. The average molecular weight is 397 g/mol.